The minimum Gasteiger partial charge on any atom is -0.396 e. The Labute approximate surface area is 139 Å². The van der Waals surface area contributed by atoms with Crippen molar-refractivity contribution in [3.05, 3.63) is 55.4 Å². The molecule has 7 heteroatoms. The zero-order valence-corrected chi connectivity index (χ0v) is 13.7. The van der Waals surface area contributed by atoms with E-state index >= 15 is 0 Å². The van der Waals surface area contributed by atoms with Gasteiger partial charge in [0.1, 0.15) is 0 Å². The number of amides is 1. The Morgan fingerprint density at radius 2 is 1.65 bits per heavy atom. The molecule has 0 radical (unpaired) electrons. The summed E-state index contributed by atoms with van der Waals surface area (Å²) >= 11 is 21.1. The van der Waals surface area contributed by atoms with Gasteiger partial charge in [-0.3, -0.25) is 4.79 Å². The Kier molecular flexibility index (Phi) is 4.81. The second-order valence-corrected chi connectivity index (χ2v) is 6.07. The molecule has 0 saturated carbocycles. The lowest BCUT2D eigenvalue weighted by molar-refractivity contribution is 0.102. The highest BCUT2D eigenvalue weighted by Gasteiger charge is 2.12. The average Bonchev–Trinajstić information content (AvgIpc) is 2.35. The van der Waals surface area contributed by atoms with Gasteiger partial charge in [-0.1, -0.05) is 50.7 Å². The van der Waals surface area contributed by atoms with Crippen LogP contribution in [0.5, 0.6) is 0 Å². The number of carbonyl (C=O) groups is 1. The predicted octanol–water partition coefficient (Wildman–Crippen LogP) is 5.24. The number of hydrogen-bond acceptors (Lipinski definition) is 2. The quantitative estimate of drug-likeness (QED) is 0.684. The maximum atomic E-state index is 12.1. The molecule has 3 N–H and O–H groups in total. The van der Waals surface area contributed by atoms with Gasteiger partial charge in [0.05, 0.1) is 26.3 Å². The number of benzene rings is 2. The standard InChI is InChI=1S/C13H8BrCl3N2O/c14-6-1-2-8(9(15)3-6)13(20)19-7-4-10(16)12(18)11(17)5-7/h1-5H,18H2,(H,19,20). The lowest BCUT2D eigenvalue weighted by Gasteiger charge is -2.09. The van der Waals surface area contributed by atoms with Crippen LogP contribution in [-0.2, 0) is 0 Å². The van der Waals surface area contributed by atoms with E-state index < -0.39 is 0 Å². The topological polar surface area (TPSA) is 55.1 Å². The first kappa shape index (κ1) is 15.4. The zero-order valence-electron chi connectivity index (χ0n) is 9.88. The second-order valence-electron chi connectivity index (χ2n) is 3.93. The molecule has 0 atom stereocenters. The molecule has 0 aliphatic heterocycles. The van der Waals surface area contributed by atoms with Crippen LogP contribution in [0.3, 0.4) is 0 Å². The highest BCUT2D eigenvalue weighted by molar-refractivity contribution is 9.10. The number of halogens is 4. The van der Waals surface area contributed by atoms with Crippen LogP contribution in [0.4, 0.5) is 11.4 Å². The Morgan fingerprint density at radius 3 is 2.20 bits per heavy atom. The van der Waals surface area contributed by atoms with Crippen molar-refractivity contribution < 1.29 is 4.79 Å². The number of nitrogen functional groups attached to an aromatic ring is 1. The van der Waals surface area contributed by atoms with E-state index in [1.165, 1.54) is 12.1 Å². The van der Waals surface area contributed by atoms with Crippen LogP contribution in [0.2, 0.25) is 15.1 Å². The highest BCUT2D eigenvalue weighted by Crippen LogP contribution is 2.31. The van der Waals surface area contributed by atoms with Crippen LogP contribution >= 0.6 is 50.7 Å². The average molecular weight is 394 g/mol. The normalized spacial score (nSPS) is 10.4. The van der Waals surface area contributed by atoms with E-state index in [9.17, 15) is 4.79 Å². The van der Waals surface area contributed by atoms with Gasteiger partial charge < -0.3 is 11.1 Å². The highest BCUT2D eigenvalue weighted by atomic mass is 79.9. The number of hydrogen-bond donors (Lipinski definition) is 2. The molecule has 0 bridgehead atoms. The summed E-state index contributed by atoms with van der Waals surface area (Å²) in [5.41, 5.74) is 6.69. The van der Waals surface area contributed by atoms with E-state index in [2.05, 4.69) is 21.2 Å². The van der Waals surface area contributed by atoms with Gasteiger partial charge in [-0.15, -0.1) is 0 Å². The summed E-state index contributed by atoms with van der Waals surface area (Å²) < 4.78 is 0.789. The number of nitrogens with one attached hydrogen (secondary N) is 1. The molecule has 2 rings (SSSR count). The first-order valence-corrected chi connectivity index (χ1v) is 7.32. The van der Waals surface area contributed by atoms with E-state index in [4.69, 9.17) is 40.5 Å². The fraction of sp³-hybridized carbons (Fsp3) is 0. The Morgan fingerprint density at radius 1 is 1.05 bits per heavy atom. The minimum atomic E-state index is -0.362. The smallest absolute Gasteiger partial charge is 0.257 e. The van der Waals surface area contributed by atoms with Gasteiger partial charge >= 0.3 is 0 Å². The van der Waals surface area contributed by atoms with Crippen LogP contribution in [0.15, 0.2) is 34.8 Å². The molecule has 3 nitrogen and oxygen atoms in total. The van der Waals surface area contributed by atoms with E-state index in [0.717, 1.165) is 4.47 Å². The molecule has 2 aromatic rings. The maximum Gasteiger partial charge on any atom is 0.257 e. The van der Waals surface area contributed by atoms with Crippen LogP contribution < -0.4 is 11.1 Å². The fourth-order valence-corrected chi connectivity index (χ4v) is 2.77. The van der Waals surface area contributed by atoms with E-state index in [0.29, 0.717) is 16.3 Å². The van der Waals surface area contributed by atoms with Crippen molar-refractivity contribution in [3.63, 3.8) is 0 Å². The molecule has 2 aromatic carbocycles. The lowest BCUT2D eigenvalue weighted by atomic mass is 10.2. The van der Waals surface area contributed by atoms with Crippen molar-refractivity contribution in [1.29, 1.82) is 0 Å². The summed E-state index contributed by atoms with van der Waals surface area (Å²) in [6, 6.07) is 8.02. The molecular weight excluding hydrogens is 386 g/mol. The Balaban J connectivity index is 2.28. The molecular formula is C13H8BrCl3N2O. The summed E-state index contributed by atoms with van der Waals surface area (Å²) in [7, 11) is 0. The molecule has 0 fully saturated rings. The van der Waals surface area contributed by atoms with Crippen molar-refractivity contribution in [2.75, 3.05) is 11.1 Å². The summed E-state index contributed by atoms with van der Waals surface area (Å²) in [6.45, 7) is 0. The molecule has 0 aromatic heterocycles. The van der Waals surface area contributed by atoms with Crippen molar-refractivity contribution in [1.82, 2.24) is 0 Å². The third-order valence-electron chi connectivity index (χ3n) is 2.51. The Hall–Kier alpha value is -0.940. The minimum absolute atomic E-state index is 0.271. The molecule has 1 amide bonds. The fourth-order valence-electron chi connectivity index (χ4n) is 1.53. The number of carbonyl (C=O) groups excluding carboxylic acids is 1. The molecule has 20 heavy (non-hydrogen) atoms. The molecule has 0 unspecified atom stereocenters. The van der Waals surface area contributed by atoms with Gasteiger partial charge in [0.2, 0.25) is 0 Å². The van der Waals surface area contributed by atoms with E-state index in [1.54, 1.807) is 18.2 Å². The number of nitrogens with two attached hydrogens (primary N) is 1. The van der Waals surface area contributed by atoms with Gasteiger partial charge in [-0.05, 0) is 30.3 Å². The molecule has 0 aliphatic rings. The van der Waals surface area contributed by atoms with Gasteiger partial charge in [0.15, 0.2) is 0 Å². The summed E-state index contributed by atoms with van der Waals surface area (Å²) in [6.07, 6.45) is 0. The summed E-state index contributed by atoms with van der Waals surface area (Å²) in [5.74, 6) is -0.362. The van der Waals surface area contributed by atoms with Crippen molar-refractivity contribution in [2.24, 2.45) is 0 Å². The van der Waals surface area contributed by atoms with Gasteiger partial charge in [-0.25, -0.2) is 0 Å². The van der Waals surface area contributed by atoms with Crippen molar-refractivity contribution >= 4 is 68.0 Å². The van der Waals surface area contributed by atoms with Gasteiger partial charge in [-0.2, -0.15) is 0 Å². The van der Waals surface area contributed by atoms with Gasteiger partial charge in [0.25, 0.3) is 5.91 Å². The summed E-state index contributed by atoms with van der Waals surface area (Å²) in [4.78, 5) is 12.1. The van der Waals surface area contributed by atoms with E-state index in [-0.39, 0.29) is 21.6 Å². The summed E-state index contributed by atoms with van der Waals surface area (Å²) in [5, 5.41) is 3.55. The van der Waals surface area contributed by atoms with Crippen LogP contribution in [0, 0.1) is 0 Å². The maximum absolute atomic E-state index is 12.1. The van der Waals surface area contributed by atoms with Crippen LogP contribution in [0.1, 0.15) is 10.4 Å². The molecule has 104 valence electrons. The van der Waals surface area contributed by atoms with Crippen LogP contribution in [0.25, 0.3) is 0 Å². The molecule has 0 saturated heterocycles. The lowest BCUT2D eigenvalue weighted by Crippen LogP contribution is -2.12. The molecule has 0 aliphatic carbocycles. The molecule has 0 spiro atoms. The SMILES string of the molecule is Nc1c(Cl)cc(NC(=O)c2ccc(Br)cc2Cl)cc1Cl. The third-order valence-corrected chi connectivity index (χ3v) is 3.94. The monoisotopic (exact) mass is 392 g/mol. The Bertz CT molecular complexity index is 668. The second kappa shape index (κ2) is 6.22. The largest absolute Gasteiger partial charge is 0.396 e. The number of rotatable bonds is 2. The van der Waals surface area contributed by atoms with Crippen LogP contribution in [-0.4, -0.2) is 5.91 Å². The molecule has 0 heterocycles. The van der Waals surface area contributed by atoms with Crippen molar-refractivity contribution in [3.8, 4) is 0 Å². The third kappa shape index (κ3) is 3.38. The van der Waals surface area contributed by atoms with E-state index in [1.807, 2.05) is 0 Å². The van der Waals surface area contributed by atoms with Crippen molar-refractivity contribution in [2.45, 2.75) is 0 Å². The first-order chi connectivity index (χ1) is 9.38. The predicted molar refractivity (Wildman–Crippen MR) is 88.0 cm³/mol. The first-order valence-electron chi connectivity index (χ1n) is 5.39. The zero-order chi connectivity index (χ0) is 14.9. The van der Waals surface area contributed by atoms with Gasteiger partial charge in [0, 0.05) is 10.2 Å². The number of anilines is 2.